The average molecular weight is 557 g/mol. The molecule has 0 amide bonds. The number of esters is 2. The molecule has 5 N–H and O–H groups in total. The van der Waals surface area contributed by atoms with E-state index in [1.54, 1.807) is 24.3 Å². The number of benzene rings is 3. The van der Waals surface area contributed by atoms with Crippen LogP contribution in [0.15, 0.2) is 72.8 Å². The minimum Gasteiger partial charge on any atom is -0.478 e. The van der Waals surface area contributed by atoms with Crippen molar-refractivity contribution in [3.8, 4) is 11.5 Å². The molecule has 0 unspecified atom stereocenters. The molecule has 3 rings (SSSR count). The molecule has 3 aromatic rings. The van der Waals surface area contributed by atoms with Gasteiger partial charge in [-0.3, -0.25) is 4.79 Å². The number of rotatable bonds is 11. The highest BCUT2D eigenvalue weighted by Gasteiger charge is 2.29. The summed E-state index contributed by atoms with van der Waals surface area (Å²) >= 11 is 0. The van der Waals surface area contributed by atoms with Crippen LogP contribution in [0.2, 0.25) is 0 Å². The molecule has 0 fully saturated rings. The number of hydrogen-bond acceptors (Lipinski definition) is 7. The van der Waals surface area contributed by atoms with Crippen LogP contribution in [0.1, 0.15) is 47.2 Å². The Morgan fingerprint density at radius 3 is 2.38 bits per heavy atom. The first-order chi connectivity index (χ1) is 18.9. The maximum atomic E-state index is 12.8. The molecule has 11 heteroatoms. The third-order valence-corrected chi connectivity index (χ3v) is 5.70. The summed E-state index contributed by atoms with van der Waals surface area (Å²) in [5.41, 5.74) is 13.8. The van der Waals surface area contributed by atoms with Crippen molar-refractivity contribution >= 4 is 34.9 Å². The van der Waals surface area contributed by atoms with Crippen LogP contribution in [-0.2, 0) is 16.0 Å². The second-order valence-electron chi connectivity index (χ2n) is 8.78. The molecule has 0 aliphatic carbocycles. The van der Waals surface area contributed by atoms with Crippen molar-refractivity contribution in [3.05, 3.63) is 89.5 Å². The summed E-state index contributed by atoms with van der Waals surface area (Å²) in [5, 5.41) is 9.75. The minimum atomic E-state index is -4.53. The van der Waals surface area contributed by atoms with Gasteiger partial charge in [0.25, 0.3) is 0 Å². The number of carbonyl (C=O) groups excluding carboxylic acids is 2. The van der Waals surface area contributed by atoms with E-state index < -0.39 is 36.9 Å². The fourth-order valence-corrected chi connectivity index (χ4v) is 3.74. The zero-order valence-corrected chi connectivity index (χ0v) is 21.2. The van der Waals surface area contributed by atoms with Gasteiger partial charge in [0.05, 0.1) is 18.4 Å². The van der Waals surface area contributed by atoms with E-state index in [2.05, 4.69) is 0 Å². The van der Waals surface area contributed by atoms with Crippen molar-refractivity contribution < 1.29 is 42.1 Å². The fourth-order valence-electron chi connectivity index (χ4n) is 3.74. The number of aryl methyl sites for hydroxylation is 1. The van der Waals surface area contributed by atoms with Crippen molar-refractivity contribution in [2.24, 2.45) is 0 Å². The van der Waals surface area contributed by atoms with Gasteiger partial charge in [-0.2, -0.15) is 13.2 Å². The number of carbonyl (C=O) groups is 3. The number of anilines is 2. The number of aliphatic carboxylic acids is 1. The quantitative estimate of drug-likeness (QED) is 0.0883. The Balaban J connectivity index is 1.69. The molecule has 8 nitrogen and oxygen atoms in total. The number of nitrogen functional groups attached to an aromatic ring is 2. The molecule has 0 aliphatic heterocycles. The lowest BCUT2D eigenvalue weighted by Crippen LogP contribution is -2.17. The molecule has 0 radical (unpaired) electrons. The lowest BCUT2D eigenvalue weighted by molar-refractivity contribution is -0.151. The highest BCUT2D eigenvalue weighted by molar-refractivity contribution is 6.15. The number of alkyl halides is 3. The van der Waals surface area contributed by atoms with Crippen LogP contribution >= 0.6 is 0 Å². The molecule has 0 spiro atoms. The summed E-state index contributed by atoms with van der Waals surface area (Å²) in [6.07, 6.45) is -3.57. The Labute approximate surface area is 228 Å². The van der Waals surface area contributed by atoms with Gasteiger partial charge in [0.2, 0.25) is 0 Å². The van der Waals surface area contributed by atoms with Gasteiger partial charge in [0.15, 0.2) is 0 Å². The smallest absolute Gasteiger partial charge is 0.389 e. The summed E-state index contributed by atoms with van der Waals surface area (Å²) in [7, 11) is 0. The van der Waals surface area contributed by atoms with Crippen molar-refractivity contribution in [3.63, 3.8) is 0 Å². The first-order valence-corrected chi connectivity index (χ1v) is 12.2. The topological polar surface area (TPSA) is 142 Å². The molecule has 0 bridgehead atoms. The van der Waals surface area contributed by atoms with E-state index in [1.165, 1.54) is 42.5 Å². The molecule has 0 saturated carbocycles. The lowest BCUT2D eigenvalue weighted by Gasteiger charge is -2.11. The Kier molecular flexibility index (Phi) is 9.91. The van der Waals surface area contributed by atoms with Crippen LogP contribution < -0.4 is 20.9 Å². The van der Waals surface area contributed by atoms with Crippen molar-refractivity contribution in [1.82, 2.24) is 0 Å². The van der Waals surface area contributed by atoms with E-state index in [1.807, 2.05) is 6.07 Å². The summed E-state index contributed by atoms with van der Waals surface area (Å²) in [6, 6.07) is 16.5. The largest absolute Gasteiger partial charge is 0.478 e. The molecule has 0 aromatic heterocycles. The monoisotopic (exact) mass is 556 g/mol. The van der Waals surface area contributed by atoms with Gasteiger partial charge in [0, 0.05) is 11.4 Å². The number of halogens is 3. The number of unbranched alkanes of at least 4 members (excludes halogenated alkanes) is 1. The van der Waals surface area contributed by atoms with E-state index in [0.29, 0.717) is 30.6 Å². The summed E-state index contributed by atoms with van der Waals surface area (Å²) in [5.74, 6) is -3.52. The molecule has 0 aliphatic rings. The van der Waals surface area contributed by atoms with Gasteiger partial charge < -0.3 is 26.0 Å². The van der Waals surface area contributed by atoms with Gasteiger partial charge >= 0.3 is 24.1 Å². The Hall–Kier alpha value is -4.80. The van der Waals surface area contributed by atoms with Crippen molar-refractivity contribution in [2.75, 3.05) is 11.5 Å². The molecule has 210 valence electrons. The third kappa shape index (κ3) is 8.90. The van der Waals surface area contributed by atoms with Crippen LogP contribution in [0.25, 0.3) is 5.57 Å². The minimum absolute atomic E-state index is 0.00201. The number of ether oxygens (including phenoxy) is 2. The van der Waals surface area contributed by atoms with Crippen LogP contribution in [0, 0.1) is 0 Å². The van der Waals surface area contributed by atoms with Crippen LogP contribution in [-0.4, -0.2) is 29.2 Å². The first-order valence-electron chi connectivity index (χ1n) is 12.2. The van der Waals surface area contributed by atoms with Gasteiger partial charge in [-0.1, -0.05) is 36.4 Å². The molecule has 0 saturated heterocycles. The number of allylic oxidation sites excluding steroid dienone is 1. The van der Waals surface area contributed by atoms with E-state index in [0.717, 1.165) is 5.56 Å². The van der Waals surface area contributed by atoms with Crippen molar-refractivity contribution in [2.45, 2.75) is 38.3 Å². The van der Waals surface area contributed by atoms with Gasteiger partial charge in [0.1, 0.15) is 17.1 Å². The number of hydrogen-bond donors (Lipinski definition) is 3. The Morgan fingerprint density at radius 2 is 1.68 bits per heavy atom. The van der Waals surface area contributed by atoms with Crippen LogP contribution in [0.4, 0.5) is 24.5 Å². The number of carboxylic acids is 1. The highest BCUT2D eigenvalue weighted by atomic mass is 19.4. The predicted octanol–water partition coefficient (Wildman–Crippen LogP) is 5.81. The van der Waals surface area contributed by atoms with Gasteiger partial charge in [-0.25, -0.2) is 9.59 Å². The van der Waals surface area contributed by atoms with Crippen molar-refractivity contribution in [1.29, 1.82) is 0 Å². The SMILES string of the molecule is Nc1ccc(CCCC=C(C(=O)O)c2cccc(OC(=O)c3ccccc3OC(=O)CCC(F)(F)F)c2)c(N)c1. The standard InChI is InChI=1S/C29H27F3N2O6/c30-29(31,32)15-14-26(35)40-25-11-4-3-10-23(25)28(38)39-21-8-5-7-19(16-21)22(27(36)37)9-2-1-6-18-12-13-20(33)17-24(18)34/h3-5,7-13,16-17H,1-2,6,14-15,33-34H2,(H,36,37). The van der Waals surface area contributed by atoms with Gasteiger partial charge in [-0.05, 0) is 66.8 Å². The van der Waals surface area contributed by atoms with Crippen LogP contribution in [0.5, 0.6) is 11.5 Å². The zero-order valence-electron chi connectivity index (χ0n) is 21.2. The number of para-hydroxylation sites is 1. The van der Waals surface area contributed by atoms with E-state index >= 15 is 0 Å². The third-order valence-electron chi connectivity index (χ3n) is 5.70. The van der Waals surface area contributed by atoms with E-state index in [9.17, 15) is 32.7 Å². The van der Waals surface area contributed by atoms with Gasteiger partial charge in [-0.15, -0.1) is 0 Å². The average Bonchev–Trinajstić information content (AvgIpc) is 2.88. The Morgan fingerprint density at radius 1 is 0.925 bits per heavy atom. The molecular formula is C29H27F3N2O6. The Bertz CT molecular complexity index is 1420. The number of carboxylic acid groups (broad SMARTS) is 1. The zero-order chi connectivity index (χ0) is 29.3. The maximum Gasteiger partial charge on any atom is 0.389 e. The molecular weight excluding hydrogens is 529 g/mol. The fraction of sp³-hybridized carbons (Fsp3) is 0.207. The molecule has 0 heterocycles. The maximum absolute atomic E-state index is 12.8. The second-order valence-corrected chi connectivity index (χ2v) is 8.78. The lowest BCUT2D eigenvalue weighted by atomic mass is 10.0. The van der Waals surface area contributed by atoms with E-state index in [-0.39, 0.29) is 28.2 Å². The molecule has 40 heavy (non-hydrogen) atoms. The predicted molar refractivity (Wildman–Crippen MR) is 143 cm³/mol. The summed E-state index contributed by atoms with van der Waals surface area (Å²) in [4.78, 5) is 36.6. The van der Waals surface area contributed by atoms with Crippen LogP contribution in [0.3, 0.4) is 0 Å². The summed E-state index contributed by atoms with van der Waals surface area (Å²) in [6.45, 7) is 0. The highest BCUT2D eigenvalue weighted by Crippen LogP contribution is 2.26. The normalized spacial score (nSPS) is 11.6. The summed E-state index contributed by atoms with van der Waals surface area (Å²) < 4.78 is 47.5. The second kappa shape index (κ2) is 13.3. The molecule has 3 aromatic carbocycles. The first kappa shape index (κ1) is 29.8. The number of nitrogens with two attached hydrogens (primary N) is 2. The van der Waals surface area contributed by atoms with E-state index in [4.69, 9.17) is 20.9 Å². The molecule has 0 atom stereocenters.